The lowest BCUT2D eigenvalue weighted by Crippen LogP contribution is -2.47. The lowest BCUT2D eigenvalue weighted by atomic mass is 9.89. The van der Waals surface area contributed by atoms with Gasteiger partial charge in [-0.3, -0.25) is 0 Å². The molecular formula is C17H21NO4. The quantitative estimate of drug-likeness (QED) is 0.812. The van der Waals surface area contributed by atoms with Crippen molar-refractivity contribution in [1.82, 2.24) is 5.32 Å². The molecule has 0 bridgehead atoms. The number of rotatable bonds is 7. The van der Waals surface area contributed by atoms with E-state index in [9.17, 15) is 14.7 Å². The molecule has 5 nitrogen and oxygen atoms in total. The van der Waals surface area contributed by atoms with E-state index in [0.717, 1.165) is 31.2 Å². The first-order valence-electron chi connectivity index (χ1n) is 7.85. The molecule has 1 aromatic carbocycles. The van der Waals surface area contributed by atoms with Crippen molar-refractivity contribution in [3.8, 4) is 0 Å². The van der Waals surface area contributed by atoms with Gasteiger partial charge in [-0.05, 0) is 49.0 Å². The summed E-state index contributed by atoms with van der Waals surface area (Å²) in [5, 5.41) is 12.0. The number of ether oxygens (including phenoxy) is 1. The number of hydrogen-bond acceptors (Lipinski definition) is 3. The smallest absolute Gasteiger partial charge is 0.408 e. The molecule has 1 aromatic rings. The second kappa shape index (κ2) is 6.38. The van der Waals surface area contributed by atoms with Crippen LogP contribution >= 0.6 is 0 Å². The van der Waals surface area contributed by atoms with E-state index in [1.54, 1.807) is 0 Å². The van der Waals surface area contributed by atoms with Gasteiger partial charge in [-0.2, -0.15) is 0 Å². The number of aliphatic carboxylic acids is 1. The maximum atomic E-state index is 11.9. The van der Waals surface area contributed by atoms with Crippen LogP contribution in [0.3, 0.4) is 0 Å². The Bertz CT molecular complexity index is 525. The molecule has 2 saturated carbocycles. The van der Waals surface area contributed by atoms with Crippen LogP contribution in [0.5, 0.6) is 0 Å². The first-order chi connectivity index (χ1) is 10.6. The van der Waals surface area contributed by atoms with Crippen molar-refractivity contribution >= 4 is 12.1 Å². The average Bonchev–Trinajstić information content (AvgIpc) is 3.39. The SMILES string of the molecule is O=C(N[C@@H](C(=O)O)C(C1CC1)C1CC1)OCc1ccccc1. The highest BCUT2D eigenvalue weighted by Crippen LogP contribution is 2.50. The molecule has 0 radical (unpaired) electrons. The lowest BCUT2D eigenvalue weighted by molar-refractivity contribution is -0.141. The van der Waals surface area contributed by atoms with Crippen molar-refractivity contribution in [2.24, 2.45) is 17.8 Å². The first kappa shape index (κ1) is 14.9. The van der Waals surface area contributed by atoms with Crippen LogP contribution in [0.2, 0.25) is 0 Å². The Morgan fingerprint density at radius 2 is 1.73 bits per heavy atom. The normalized spacial score (nSPS) is 18.8. The molecule has 22 heavy (non-hydrogen) atoms. The molecule has 1 amide bonds. The fourth-order valence-electron chi connectivity index (χ4n) is 3.11. The number of carboxylic acids is 1. The van der Waals surface area contributed by atoms with Crippen molar-refractivity contribution in [2.45, 2.75) is 38.3 Å². The Hall–Kier alpha value is -2.04. The molecule has 2 N–H and O–H groups in total. The second-order valence-electron chi connectivity index (χ2n) is 6.27. The Morgan fingerprint density at radius 1 is 1.14 bits per heavy atom. The zero-order chi connectivity index (χ0) is 15.5. The van der Waals surface area contributed by atoms with Crippen molar-refractivity contribution < 1.29 is 19.4 Å². The minimum absolute atomic E-state index is 0.0572. The Balaban J connectivity index is 1.56. The lowest BCUT2D eigenvalue weighted by Gasteiger charge is -2.24. The standard InChI is InChI=1S/C17H21NO4/c19-16(20)15(14(12-6-7-12)13-8-9-13)18-17(21)22-10-11-4-2-1-3-5-11/h1-5,12-15H,6-10H2,(H,18,21)(H,19,20)/t15-/m1/s1. The third-order valence-electron chi connectivity index (χ3n) is 4.47. The number of amides is 1. The van der Waals surface area contributed by atoms with Gasteiger partial charge in [0.15, 0.2) is 0 Å². The molecule has 0 spiro atoms. The fourth-order valence-corrected chi connectivity index (χ4v) is 3.11. The molecule has 0 saturated heterocycles. The van der Waals surface area contributed by atoms with Crippen LogP contribution in [0, 0.1) is 17.8 Å². The number of carboxylic acid groups (broad SMARTS) is 1. The predicted octanol–water partition coefficient (Wildman–Crippen LogP) is 2.80. The molecule has 0 aliphatic heterocycles. The number of carbonyl (C=O) groups excluding carboxylic acids is 1. The molecule has 2 fully saturated rings. The molecule has 1 atom stereocenters. The zero-order valence-electron chi connectivity index (χ0n) is 12.4. The van der Waals surface area contributed by atoms with E-state index in [0.29, 0.717) is 11.8 Å². The summed E-state index contributed by atoms with van der Waals surface area (Å²) < 4.78 is 5.15. The summed E-state index contributed by atoms with van der Waals surface area (Å²) >= 11 is 0. The highest BCUT2D eigenvalue weighted by atomic mass is 16.5. The summed E-state index contributed by atoms with van der Waals surface area (Å²) in [4.78, 5) is 23.5. The van der Waals surface area contributed by atoms with E-state index >= 15 is 0 Å². The molecule has 5 heteroatoms. The predicted molar refractivity (Wildman–Crippen MR) is 80.1 cm³/mol. The minimum atomic E-state index is -0.958. The molecule has 2 aliphatic rings. The number of nitrogens with one attached hydrogen (secondary N) is 1. The topological polar surface area (TPSA) is 75.6 Å². The number of alkyl carbamates (subject to hydrolysis) is 1. The van der Waals surface area contributed by atoms with Gasteiger partial charge in [0.1, 0.15) is 12.6 Å². The molecule has 3 rings (SSSR count). The van der Waals surface area contributed by atoms with Crippen molar-refractivity contribution in [3.63, 3.8) is 0 Å². The molecule has 2 aliphatic carbocycles. The Kier molecular flexibility index (Phi) is 4.32. The summed E-state index contributed by atoms with van der Waals surface area (Å²) in [7, 11) is 0. The summed E-state index contributed by atoms with van der Waals surface area (Å²) in [6, 6.07) is 8.51. The molecular weight excluding hydrogens is 282 g/mol. The monoisotopic (exact) mass is 303 g/mol. The van der Waals surface area contributed by atoms with Gasteiger partial charge in [-0.1, -0.05) is 30.3 Å². The number of benzene rings is 1. The van der Waals surface area contributed by atoms with E-state index in [1.807, 2.05) is 30.3 Å². The summed E-state index contributed by atoms with van der Waals surface area (Å²) in [6.45, 7) is 0.149. The van der Waals surface area contributed by atoms with Gasteiger partial charge in [-0.25, -0.2) is 9.59 Å². The van der Waals surface area contributed by atoms with Gasteiger partial charge < -0.3 is 15.2 Å². The second-order valence-corrected chi connectivity index (χ2v) is 6.27. The average molecular weight is 303 g/mol. The van der Waals surface area contributed by atoms with Gasteiger partial charge in [0.2, 0.25) is 0 Å². The third-order valence-corrected chi connectivity index (χ3v) is 4.47. The maximum Gasteiger partial charge on any atom is 0.408 e. The van der Waals surface area contributed by atoms with Gasteiger partial charge >= 0.3 is 12.1 Å². The third kappa shape index (κ3) is 3.78. The zero-order valence-corrected chi connectivity index (χ0v) is 12.4. The van der Waals surface area contributed by atoms with Crippen molar-refractivity contribution in [3.05, 3.63) is 35.9 Å². The maximum absolute atomic E-state index is 11.9. The highest BCUT2D eigenvalue weighted by Gasteiger charge is 2.48. The van der Waals surface area contributed by atoms with Crippen LogP contribution in [-0.4, -0.2) is 23.2 Å². The largest absolute Gasteiger partial charge is 0.480 e. The van der Waals surface area contributed by atoms with Crippen LogP contribution in [0.25, 0.3) is 0 Å². The van der Waals surface area contributed by atoms with Gasteiger partial charge in [0, 0.05) is 0 Å². The Labute approximate surface area is 129 Å². The van der Waals surface area contributed by atoms with E-state index in [4.69, 9.17) is 4.74 Å². The van der Waals surface area contributed by atoms with Gasteiger partial charge in [0.05, 0.1) is 0 Å². The van der Waals surface area contributed by atoms with E-state index in [2.05, 4.69) is 5.32 Å². The van der Waals surface area contributed by atoms with Crippen LogP contribution < -0.4 is 5.32 Å². The van der Waals surface area contributed by atoms with E-state index in [1.165, 1.54) is 0 Å². The van der Waals surface area contributed by atoms with E-state index in [-0.39, 0.29) is 12.5 Å². The molecule has 0 heterocycles. The van der Waals surface area contributed by atoms with Gasteiger partial charge in [-0.15, -0.1) is 0 Å². The summed E-state index contributed by atoms with van der Waals surface area (Å²) in [6.07, 6.45) is 3.65. The number of carbonyl (C=O) groups is 2. The van der Waals surface area contributed by atoms with Crippen LogP contribution in [0.1, 0.15) is 31.2 Å². The summed E-state index contributed by atoms with van der Waals surface area (Å²) in [5.41, 5.74) is 0.880. The number of hydrogen-bond donors (Lipinski definition) is 2. The van der Waals surface area contributed by atoms with Crippen molar-refractivity contribution in [1.29, 1.82) is 0 Å². The van der Waals surface area contributed by atoms with Gasteiger partial charge in [0.25, 0.3) is 0 Å². The summed E-state index contributed by atoms with van der Waals surface area (Å²) in [5.74, 6) is -0.00622. The van der Waals surface area contributed by atoms with Crippen LogP contribution in [-0.2, 0) is 16.1 Å². The highest BCUT2D eigenvalue weighted by molar-refractivity contribution is 5.80. The Morgan fingerprint density at radius 3 is 2.23 bits per heavy atom. The van der Waals surface area contributed by atoms with E-state index < -0.39 is 18.1 Å². The van der Waals surface area contributed by atoms with Crippen LogP contribution in [0.4, 0.5) is 4.79 Å². The molecule has 0 aromatic heterocycles. The molecule has 118 valence electrons. The van der Waals surface area contributed by atoms with Crippen LogP contribution in [0.15, 0.2) is 30.3 Å². The first-order valence-corrected chi connectivity index (χ1v) is 7.85. The van der Waals surface area contributed by atoms with Crippen molar-refractivity contribution in [2.75, 3.05) is 0 Å². The fraction of sp³-hybridized carbons (Fsp3) is 0.529. The minimum Gasteiger partial charge on any atom is -0.480 e. The molecule has 0 unspecified atom stereocenters.